The van der Waals surface area contributed by atoms with Crippen molar-refractivity contribution in [1.82, 2.24) is 5.48 Å². The average molecular weight is 196 g/mol. The number of hydrogen-bond acceptors (Lipinski definition) is 4. The summed E-state index contributed by atoms with van der Waals surface area (Å²) in [4.78, 5) is 19.5. The summed E-state index contributed by atoms with van der Waals surface area (Å²) in [6.07, 6.45) is 5.50. The minimum atomic E-state index is -0.985. The zero-order valence-corrected chi connectivity index (χ0v) is 7.64. The van der Waals surface area contributed by atoms with Crippen LogP contribution in [0.2, 0.25) is 0 Å². The molecule has 1 aliphatic heterocycles. The van der Waals surface area contributed by atoms with E-state index in [1.165, 1.54) is 12.5 Å². The predicted molar refractivity (Wildman–Crippen MR) is 49.6 cm³/mol. The second-order valence-corrected chi connectivity index (χ2v) is 3.45. The van der Waals surface area contributed by atoms with Crippen LogP contribution in [0, 0.1) is 5.92 Å². The zero-order valence-electron chi connectivity index (χ0n) is 7.64. The van der Waals surface area contributed by atoms with E-state index in [9.17, 15) is 4.79 Å². The summed E-state index contributed by atoms with van der Waals surface area (Å²) in [6.45, 7) is 0. The summed E-state index contributed by atoms with van der Waals surface area (Å²) in [5.41, 5.74) is 2.74. The van der Waals surface area contributed by atoms with Gasteiger partial charge in [-0.2, -0.15) is 0 Å². The van der Waals surface area contributed by atoms with E-state index in [2.05, 4.69) is 10.5 Å². The van der Waals surface area contributed by atoms with Crippen molar-refractivity contribution in [2.24, 2.45) is 10.9 Å². The summed E-state index contributed by atoms with van der Waals surface area (Å²) in [5.74, 6) is 0.357. The Labute approximate surface area is 81.4 Å². The van der Waals surface area contributed by atoms with Crippen molar-refractivity contribution in [1.29, 1.82) is 0 Å². The number of carboxylic acid groups (broad SMARTS) is 1. The highest BCUT2D eigenvalue weighted by Gasteiger charge is 2.28. The molecule has 0 amide bonds. The maximum absolute atomic E-state index is 10.2. The van der Waals surface area contributed by atoms with Gasteiger partial charge in [0.25, 0.3) is 0 Å². The van der Waals surface area contributed by atoms with Gasteiger partial charge in [-0.1, -0.05) is 6.42 Å². The molecule has 1 fully saturated rings. The fourth-order valence-electron chi connectivity index (χ4n) is 1.43. The SMILES string of the molecule is O=C(O)/C=C/C1N=C(C2CCC2)NO1. The molecule has 1 saturated carbocycles. The number of aliphatic carboxylic acids is 1. The fourth-order valence-corrected chi connectivity index (χ4v) is 1.43. The molecule has 0 saturated heterocycles. The van der Waals surface area contributed by atoms with Gasteiger partial charge in [0.2, 0.25) is 0 Å². The number of hydroxylamine groups is 1. The number of hydrogen-bond donors (Lipinski definition) is 2. The third-order valence-corrected chi connectivity index (χ3v) is 2.45. The van der Waals surface area contributed by atoms with E-state index in [1.54, 1.807) is 0 Å². The smallest absolute Gasteiger partial charge is 0.328 e. The minimum absolute atomic E-state index is 0.484. The largest absolute Gasteiger partial charge is 0.478 e. The van der Waals surface area contributed by atoms with E-state index in [4.69, 9.17) is 9.94 Å². The lowest BCUT2D eigenvalue weighted by molar-refractivity contribution is -0.131. The Hall–Kier alpha value is -1.36. The lowest BCUT2D eigenvalue weighted by Crippen LogP contribution is -2.30. The van der Waals surface area contributed by atoms with Crippen molar-refractivity contribution in [3.05, 3.63) is 12.2 Å². The van der Waals surface area contributed by atoms with Crippen LogP contribution in [0.5, 0.6) is 0 Å². The lowest BCUT2D eigenvalue weighted by Gasteiger charge is -2.24. The molecule has 0 bridgehead atoms. The molecule has 2 rings (SSSR count). The Morgan fingerprint density at radius 1 is 1.64 bits per heavy atom. The van der Waals surface area contributed by atoms with Crippen molar-refractivity contribution in [2.75, 3.05) is 0 Å². The molecule has 14 heavy (non-hydrogen) atoms. The second-order valence-electron chi connectivity index (χ2n) is 3.45. The molecule has 2 aliphatic rings. The summed E-state index contributed by atoms with van der Waals surface area (Å²) < 4.78 is 0. The Kier molecular flexibility index (Phi) is 2.49. The first-order valence-corrected chi connectivity index (χ1v) is 4.66. The predicted octanol–water partition coefficient (Wildman–Crippen LogP) is 0.687. The van der Waals surface area contributed by atoms with E-state index in [1.807, 2.05) is 0 Å². The van der Waals surface area contributed by atoms with Crippen molar-refractivity contribution in [3.63, 3.8) is 0 Å². The van der Waals surface area contributed by atoms with Crippen molar-refractivity contribution < 1.29 is 14.7 Å². The summed E-state index contributed by atoms with van der Waals surface area (Å²) >= 11 is 0. The molecular formula is C9H12N2O3. The monoisotopic (exact) mass is 196 g/mol. The van der Waals surface area contributed by atoms with Crippen LogP contribution in [0.4, 0.5) is 0 Å². The normalized spacial score (nSPS) is 27.1. The molecule has 5 heteroatoms. The third-order valence-electron chi connectivity index (χ3n) is 2.45. The van der Waals surface area contributed by atoms with Gasteiger partial charge in [-0.3, -0.25) is 5.48 Å². The number of nitrogens with one attached hydrogen (secondary N) is 1. The van der Waals surface area contributed by atoms with Crippen LogP contribution < -0.4 is 5.48 Å². The van der Waals surface area contributed by atoms with E-state index >= 15 is 0 Å². The highest BCUT2D eigenvalue weighted by molar-refractivity contribution is 5.85. The van der Waals surface area contributed by atoms with Gasteiger partial charge in [-0.05, 0) is 18.9 Å². The molecule has 0 radical (unpaired) electrons. The number of carbonyl (C=O) groups is 1. The molecule has 5 nitrogen and oxygen atoms in total. The number of carboxylic acids is 1. The quantitative estimate of drug-likeness (QED) is 0.651. The van der Waals surface area contributed by atoms with E-state index in [0.29, 0.717) is 5.92 Å². The van der Waals surface area contributed by atoms with Gasteiger partial charge in [-0.25, -0.2) is 14.6 Å². The second kappa shape index (κ2) is 3.79. The number of rotatable bonds is 3. The highest BCUT2D eigenvalue weighted by Crippen LogP contribution is 2.28. The Balaban J connectivity index is 1.91. The van der Waals surface area contributed by atoms with Gasteiger partial charge in [0.05, 0.1) is 0 Å². The molecule has 0 aromatic rings. The van der Waals surface area contributed by atoms with Gasteiger partial charge < -0.3 is 5.11 Å². The average Bonchev–Trinajstić information content (AvgIpc) is 2.46. The van der Waals surface area contributed by atoms with E-state index in [-0.39, 0.29) is 0 Å². The van der Waals surface area contributed by atoms with Crippen molar-refractivity contribution >= 4 is 11.8 Å². The van der Waals surface area contributed by atoms with Crippen LogP contribution in [0.25, 0.3) is 0 Å². The maximum Gasteiger partial charge on any atom is 0.328 e. The van der Waals surface area contributed by atoms with Gasteiger partial charge in [0, 0.05) is 12.0 Å². The number of aliphatic imine (C=N–C) groups is 1. The molecule has 1 heterocycles. The van der Waals surface area contributed by atoms with Crippen molar-refractivity contribution in [3.8, 4) is 0 Å². The van der Waals surface area contributed by atoms with E-state index < -0.39 is 12.2 Å². The van der Waals surface area contributed by atoms with Gasteiger partial charge in [0.1, 0.15) is 5.84 Å². The first kappa shape index (κ1) is 9.21. The number of nitrogens with zero attached hydrogens (tertiary/aromatic N) is 1. The standard InChI is InChI=1S/C9H12N2O3/c12-8(13)5-4-7-10-9(11-14-7)6-2-1-3-6/h4-7H,1-3H2,(H,10,11)(H,12,13)/b5-4+. The van der Waals surface area contributed by atoms with Gasteiger partial charge in [-0.15, -0.1) is 0 Å². The van der Waals surface area contributed by atoms with Crippen molar-refractivity contribution in [2.45, 2.75) is 25.5 Å². The number of amidine groups is 1. The molecule has 1 atom stereocenters. The van der Waals surface area contributed by atoms with Crippen LogP contribution in [-0.2, 0) is 9.63 Å². The van der Waals surface area contributed by atoms with Crippen LogP contribution in [-0.4, -0.2) is 23.1 Å². The minimum Gasteiger partial charge on any atom is -0.478 e. The van der Waals surface area contributed by atoms with Crippen LogP contribution in [0.3, 0.4) is 0 Å². The zero-order chi connectivity index (χ0) is 9.97. The fraction of sp³-hybridized carbons (Fsp3) is 0.556. The molecule has 0 spiro atoms. The van der Waals surface area contributed by atoms with Crippen LogP contribution in [0.1, 0.15) is 19.3 Å². The molecule has 76 valence electrons. The first-order chi connectivity index (χ1) is 6.75. The summed E-state index contributed by atoms with van der Waals surface area (Å²) in [7, 11) is 0. The molecule has 0 aromatic heterocycles. The summed E-state index contributed by atoms with van der Waals surface area (Å²) in [6, 6.07) is 0. The molecular weight excluding hydrogens is 184 g/mol. The Morgan fingerprint density at radius 2 is 2.43 bits per heavy atom. The maximum atomic E-state index is 10.2. The molecule has 2 N–H and O–H groups in total. The Bertz CT molecular complexity index is 294. The lowest BCUT2D eigenvalue weighted by atomic mass is 9.84. The summed E-state index contributed by atoms with van der Waals surface area (Å²) in [5, 5.41) is 8.40. The molecule has 1 aliphatic carbocycles. The van der Waals surface area contributed by atoms with Gasteiger partial charge >= 0.3 is 5.97 Å². The molecule has 1 unspecified atom stereocenters. The van der Waals surface area contributed by atoms with Gasteiger partial charge in [0.15, 0.2) is 6.23 Å². The third kappa shape index (κ3) is 1.93. The van der Waals surface area contributed by atoms with E-state index in [0.717, 1.165) is 24.8 Å². The highest BCUT2D eigenvalue weighted by atomic mass is 16.7. The first-order valence-electron chi connectivity index (χ1n) is 4.66. The van der Waals surface area contributed by atoms with Crippen LogP contribution in [0.15, 0.2) is 17.1 Å². The topological polar surface area (TPSA) is 70.9 Å². The Morgan fingerprint density at radius 3 is 3.00 bits per heavy atom. The van der Waals surface area contributed by atoms with Crippen LogP contribution >= 0.6 is 0 Å². The molecule has 0 aromatic carbocycles.